The van der Waals surface area contributed by atoms with Gasteiger partial charge in [0.15, 0.2) is 0 Å². The fourth-order valence-electron chi connectivity index (χ4n) is 2.90. The molecule has 2 aromatic rings. The summed E-state index contributed by atoms with van der Waals surface area (Å²) in [4.78, 5) is 12.6. The smallest absolute Gasteiger partial charge is 0.261 e. The molecule has 1 aliphatic rings. The molecule has 28 heavy (non-hydrogen) atoms. The minimum Gasteiger partial charge on any atom is -0.375 e. The Balaban J connectivity index is 0.00000280. The summed E-state index contributed by atoms with van der Waals surface area (Å²) < 4.78 is 33.2. The molecule has 1 aliphatic heterocycles. The second-order valence-electron chi connectivity index (χ2n) is 6.30. The number of ether oxygens (including phenoxy) is 1. The van der Waals surface area contributed by atoms with Crippen LogP contribution in [0.4, 0.5) is 5.69 Å². The predicted octanol–water partition coefficient (Wildman–Crippen LogP) is 1.90. The van der Waals surface area contributed by atoms with Crippen molar-refractivity contribution in [3.63, 3.8) is 0 Å². The van der Waals surface area contributed by atoms with Gasteiger partial charge in [-0.2, -0.15) is 0 Å². The van der Waals surface area contributed by atoms with Gasteiger partial charge in [-0.25, -0.2) is 8.42 Å². The SMILES string of the molecule is C[C@H]1OCCN[C@@H]1C(=O)NCc1ccccc1NS(=O)(=O)c1ccccc1.Cl. The summed E-state index contributed by atoms with van der Waals surface area (Å²) in [7, 11) is -3.70. The van der Waals surface area contributed by atoms with Crippen LogP contribution in [0.5, 0.6) is 0 Å². The minimum absolute atomic E-state index is 0. The average molecular weight is 426 g/mol. The zero-order chi connectivity index (χ0) is 19.3. The number of morpholine rings is 1. The molecule has 1 heterocycles. The van der Waals surface area contributed by atoms with Gasteiger partial charge in [0.05, 0.1) is 23.3 Å². The summed E-state index contributed by atoms with van der Waals surface area (Å²) in [5, 5.41) is 5.98. The number of carbonyl (C=O) groups is 1. The van der Waals surface area contributed by atoms with E-state index in [0.29, 0.717) is 24.4 Å². The summed E-state index contributed by atoms with van der Waals surface area (Å²) in [5.41, 5.74) is 1.11. The molecule has 2 aromatic carbocycles. The lowest BCUT2D eigenvalue weighted by molar-refractivity contribution is -0.129. The number of sulfonamides is 1. The Hall–Kier alpha value is -2.13. The number of hydrogen-bond donors (Lipinski definition) is 3. The maximum atomic E-state index is 12.6. The quantitative estimate of drug-likeness (QED) is 0.656. The molecule has 9 heteroatoms. The normalized spacial score (nSPS) is 19.3. The van der Waals surface area contributed by atoms with Crippen LogP contribution in [0.25, 0.3) is 0 Å². The second kappa shape index (κ2) is 9.88. The van der Waals surface area contributed by atoms with Gasteiger partial charge in [-0.15, -0.1) is 12.4 Å². The molecule has 1 saturated heterocycles. The van der Waals surface area contributed by atoms with Crippen LogP contribution >= 0.6 is 12.4 Å². The van der Waals surface area contributed by atoms with Crippen molar-refractivity contribution in [2.24, 2.45) is 0 Å². The van der Waals surface area contributed by atoms with E-state index >= 15 is 0 Å². The molecule has 0 spiro atoms. The molecule has 3 N–H and O–H groups in total. The summed E-state index contributed by atoms with van der Waals surface area (Å²) in [6.07, 6.45) is -0.217. The van der Waals surface area contributed by atoms with Crippen LogP contribution in [-0.2, 0) is 26.1 Å². The van der Waals surface area contributed by atoms with E-state index < -0.39 is 16.1 Å². The Morgan fingerprint density at radius 1 is 1.14 bits per heavy atom. The van der Waals surface area contributed by atoms with E-state index in [-0.39, 0.29) is 35.9 Å². The van der Waals surface area contributed by atoms with Crippen molar-refractivity contribution in [3.8, 4) is 0 Å². The number of amides is 1. The highest BCUT2D eigenvalue weighted by Crippen LogP contribution is 2.20. The molecule has 0 aromatic heterocycles. The summed E-state index contributed by atoms with van der Waals surface area (Å²) >= 11 is 0. The van der Waals surface area contributed by atoms with Gasteiger partial charge in [0, 0.05) is 13.1 Å². The van der Waals surface area contributed by atoms with Crippen LogP contribution in [0.15, 0.2) is 59.5 Å². The molecule has 1 amide bonds. The number of carbonyl (C=O) groups excluding carboxylic acids is 1. The van der Waals surface area contributed by atoms with Gasteiger partial charge in [-0.3, -0.25) is 9.52 Å². The molecular weight excluding hydrogens is 402 g/mol. The average Bonchev–Trinajstić information content (AvgIpc) is 2.68. The third-order valence-corrected chi connectivity index (χ3v) is 5.75. The summed E-state index contributed by atoms with van der Waals surface area (Å²) in [6, 6.07) is 14.7. The molecule has 0 aliphatic carbocycles. The molecule has 0 saturated carbocycles. The molecule has 0 bridgehead atoms. The fraction of sp³-hybridized carbons (Fsp3) is 0.316. The van der Waals surface area contributed by atoms with E-state index in [2.05, 4.69) is 15.4 Å². The Morgan fingerprint density at radius 3 is 2.54 bits per heavy atom. The standard InChI is InChI=1S/C19H23N3O4S.ClH/c1-14-18(20-11-12-26-14)19(23)21-13-15-7-5-6-10-17(15)22-27(24,25)16-8-3-2-4-9-16;/h2-10,14,18,20,22H,11-13H2,1H3,(H,21,23);1H/t14-,18+;/m1./s1. The highest BCUT2D eigenvalue weighted by molar-refractivity contribution is 7.92. The summed E-state index contributed by atoms with van der Waals surface area (Å²) in [5.74, 6) is -0.178. The monoisotopic (exact) mass is 425 g/mol. The van der Waals surface area contributed by atoms with Crippen LogP contribution < -0.4 is 15.4 Å². The van der Waals surface area contributed by atoms with Gasteiger partial charge in [0.2, 0.25) is 5.91 Å². The Kier molecular flexibility index (Phi) is 7.82. The first kappa shape index (κ1) is 22.2. The maximum absolute atomic E-state index is 12.6. The van der Waals surface area contributed by atoms with Crippen LogP contribution in [0.3, 0.4) is 0 Å². The molecule has 0 radical (unpaired) electrons. The summed E-state index contributed by atoms with van der Waals surface area (Å²) in [6.45, 7) is 3.25. The molecular formula is C19H24ClN3O4S. The topological polar surface area (TPSA) is 96.5 Å². The number of anilines is 1. The number of nitrogens with one attached hydrogen (secondary N) is 3. The zero-order valence-corrected chi connectivity index (χ0v) is 17.1. The maximum Gasteiger partial charge on any atom is 0.261 e. The van der Waals surface area contributed by atoms with E-state index in [4.69, 9.17) is 4.74 Å². The Labute approximate surface area is 171 Å². The first-order valence-corrected chi connectivity index (χ1v) is 10.2. The van der Waals surface area contributed by atoms with Gasteiger partial charge < -0.3 is 15.4 Å². The van der Waals surface area contributed by atoms with Gasteiger partial charge in [-0.05, 0) is 30.7 Å². The first-order chi connectivity index (χ1) is 13.0. The third kappa shape index (κ3) is 5.45. The van der Waals surface area contributed by atoms with Crippen molar-refractivity contribution in [2.45, 2.75) is 30.5 Å². The lowest BCUT2D eigenvalue weighted by Crippen LogP contribution is -2.55. The van der Waals surface area contributed by atoms with Crippen LogP contribution in [0, 0.1) is 0 Å². The van der Waals surface area contributed by atoms with Crippen molar-refractivity contribution < 1.29 is 17.9 Å². The van der Waals surface area contributed by atoms with Crippen molar-refractivity contribution in [2.75, 3.05) is 17.9 Å². The first-order valence-electron chi connectivity index (χ1n) is 8.76. The lowest BCUT2D eigenvalue weighted by atomic mass is 10.1. The number of hydrogen-bond acceptors (Lipinski definition) is 5. The number of benzene rings is 2. The van der Waals surface area contributed by atoms with Gasteiger partial charge in [0.1, 0.15) is 6.04 Å². The lowest BCUT2D eigenvalue weighted by Gasteiger charge is -2.29. The van der Waals surface area contributed by atoms with E-state index in [9.17, 15) is 13.2 Å². The van der Waals surface area contributed by atoms with E-state index in [1.54, 1.807) is 42.5 Å². The van der Waals surface area contributed by atoms with E-state index in [0.717, 1.165) is 0 Å². The highest BCUT2D eigenvalue weighted by Gasteiger charge is 2.28. The predicted molar refractivity (Wildman–Crippen MR) is 110 cm³/mol. The molecule has 3 rings (SSSR count). The van der Waals surface area contributed by atoms with Gasteiger partial charge >= 0.3 is 0 Å². The van der Waals surface area contributed by atoms with Crippen molar-refractivity contribution >= 4 is 34.0 Å². The number of halogens is 1. The largest absolute Gasteiger partial charge is 0.375 e. The van der Waals surface area contributed by atoms with Crippen LogP contribution in [-0.4, -0.2) is 39.6 Å². The van der Waals surface area contributed by atoms with E-state index in [1.165, 1.54) is 12.1 Å². The minimum atomic E-state index is -3.70. The molecule has 2 atom stereocenters. The Bertz CT molecular complexity index is 893. The number of rotatable bonds is 6. The van der Waals surface area contributed by atoms with Crippen LogP contribution in [0.2, 0.25) is 0 Å². The molecule has 152 valence electrons. The zero-order valence-electron chi connectivity index (χ0n) is 15.4. The van der Waals surface area contributed by atoms with Crippen molar-refractivity contribution in [1.82, 2.24) is 10.6 Å². The molecule has 0 unspecified atom stereocenters. The number of para-hydroxylation sites is 1. The molecule has 1 fully saturated rings. The van der Waals surface area contributed by atoms with Gasteiger partial charge in [-0.1, -0.05) is 36.4 Å². The van der Waals surface area contributed by atoms with Crippen molar-refractivity contribution in [1.29, 1.82) is 0 Å². The second-order valence-corrected chi connectivity index (χ2v) is 7.98. The van der Waals surface area contributed by atoms with Gasteiger partial charge in [0.25, 0.3) is 10.0 Å². The third-order valence-electron chi connectivity index (χ3n) is 4.37. The van der Waals surface area contributed by atoms with Crippen molar-refractivity contribution in [3.05, 3.63) is 60.2 Å². The Morgan fingerprint density at radius 2 is 1.82 bits per heavy atom. The fourth-order valence-corrected chi connectivity index (χ4v) is 4.02. The van der Waals surface area contributed by atoms with E-state index in [1.807, 2.05) is 6.92 Å². The van der Waals surface area contributed by atoms with Crippen LogP contribution in [0.1, 0.15) is 12.5 Å². The molecule has 7 nitrogen and oxygen atoms in total. The highest BCUT2D eigenvalue weighted by atomic mass is 35.5.